The van der Waals surface area contributed by atoms with Crippen LogP contribution in [0.15, 0.2) is 47.3 Å². The molecule has 1 N–H and O–H groups in total. The number of benzene rings is 2. The summed E-state index contributed by atoms with van der Waals surface area (Å²) in [6.45, 7) is 2.31. The number of carbonyl (C=O) groups excluding carboxylic acids is 1. The normalized spacial score (nSPS) is 18.0. The Kier molecular flexibility index (Phi) is 5.18. The first-order valence-electron chi connectivity index (χ1n) is 10.1. The number of hydrogen-bond donors (Lipinski definition) is 1. The van der Waals surface area contributed by atoms with Crippen LogP contribution in [0.25, 0.3) is 16.6 Å². The second kappa shape index (κ2) is 7.87. The quantitative estimate of drug-likeness (QED) is 0.594. The molecule has 5 rings (SSSR count). The van der Waals surface area contributed by atoms with Crippen molar-refractivity contribution in [2.45, 2.75) is 18.6 Å². The van der Waals surface area contributed by atoms with Gasteiger partial charge in [-0.1, -0.05) is 17.7 Å². The van der Waals surface area contributed by atoms with Crippen molar-refractivity contribution in [2.75, 3.05) is 26.3 Å². The fraction of sp³-hybridized carbons (Fsp3) is 0.318. The van der Waals surface area contributed by atoms with Crippen LogP contribution in [-0.4, -0.2) is 52.4 Å². The molecule has 7 nitrogen and oxygen atoms in total. The summed E-state index contributed by atoms with van der Waals surface area (Å²) in [5, 5.41) is 0.979. The summed E-state index contributed by atoms with van der Waals surface area (Å²) < 4.78 is 13.1. The van der Waals surface area contributed by atoms with Crippen LogP contribution in [-0.2, 0) is 9.47 Å². The molecule has 1 spiro atoms. The summed E-state index contributed by atoms with van der Waals surface area (Å²) in [5.74, 6) is -0.627. The van der Waals surface area contributed by atoms with Crippen LogP contribution in [0.4, 0.5) is 0 Å². The molecule has 9 heteroatoms. The lowest BCUT2D eigenvalue weighted by molar-refractivity contribution is -0.181. The zero-order valence-electron chi connectivity index (χ0n) is 16.6. The monoisotopic (exact) mass is 457 g/mol. The van der Waals surface area contributed by atoms with Gasteiger partial charge in [-0.3, -0.25) is 14.2 Å². The number of aromatic nitrogens is 2. The van der Waals surface area contributed by atoms with Crippen molar-refractivity contribution < 1.29 is 14.3 Å². The number of ether oxygens (including phenoxy) is 2. The molecule has 0 bridgehead atoms. The van der Waals surface area contributed by atoms with E-state index in [1.807, 2.05) is 0 Å². The van der Waals surface area contributed by atoms with Crippen molar-refractivity contribution in [2.24, 2.45) is 0 Å². The van der Waals surface area contributed by atoms with E-state index < -0.39 is 5.79 Å². The third-order valence-corrected chi connectivity index (χ3v) is 6.36. The average molecular weight is 458 g/mol. The second-order valence-corrected chi connectivity index (χ2v) is 8.53. The van der Waals surface area contributed by atoms with Crippen molar-refractivity contribution in [1.29, 1.82) is 0 Å². The van der Waals surface area contributed by atoms with Crippen molar-refractivity contribution in [3.63, 3.8) is 0 Å². The largest absolute Gasteiger partial charge is 0.347 e. The zero-order valence-corrected chi connectivity index (χ0v) is 18.2. The molecule has 31 heavy (non-hydrogen) atoms. The molecule has 0 unspecified atom stereocenters. The number of likely N-dealkylation sites (tertiary alicyclic amines) is 1. The number of piperidine rings is 1. The highest BCUT2D eigenvalue weighted by Crippen LogP contribution is 2.31. The van der Waals surface area contributed by atoms with Gasteiger partial charge in [0, 0.05) is 36.5 Å². The maximum Gasteiger partial charge on any atom is 0.266 e. The maximum atomic E-state index is 13.1. The Balaban J connectivity index is 1.46. The van der Waals surface area contributed by atoms with Gasteiger partial charge in [-0.15, -0.1) is 0 Å². The molecule has 1 aromatic heterocycles. The molecular weight excluding hydrogens is 438 g/mol. The lowest BCUT2D eigenvalue weighted by Crippen LogP contribution is -2.47. The number of nitrogens with one attached hydrogen (secondary N) is 1. The Morgan fingerprint density at radius 1 is 1.10 bits per heavy atom. The van der Waals surface area contributed by atoms with Crippen molar-refractivity contribution in [3.8, 4) is 5.69 Å². The average Bonchev–Trinajstić information content (AvgIpc) is 3.21. The van der Waals surface area contributed by atoms with E-state index in [1.54, 1.807) is 47.4 Å². The van der Waals surface area contributed by atoms with Gasteiger partial charge in [-0.2, -0.15) is 0 Å². The lowest BCUT2D eigenvalue weighted by Gasteiger charge is -2.37. The van der Waals surface area contributed by atoms with E-state index in [-0.39, 0.29) is 16.2 Å². The van der Waals surface area contributed by atoms with E-state index in [9.17, 15) is 9.59 Å². The van der Waals surface area contributed by atoms with Gasteiger partial charge < -0.3 is 19.4 Å². The van der Waals surface area contributed by atoms with Gasteiger partial charge >= 0.3 is 0 Å². The minimum absolute atomic E-state index is 0.0924. The highest BCUT2D eigenvalue weighted by molar-refractivity contribution is 7.71. The van der Waals surface area contributed by atoms with E-state index in [0.29, 0.717) is 66.3 Å². The molecule has 0 atom stereocenters. The van der Waals surface area contributed by atoms with Crippen molar-refractivity contribution in [3.05, 3.63) is 68.2 Å². The molecule has 2 aromatic carbocycles. The first-order valence-corrected chi connectivity index (χ1v) is 10.9. The fourth-order valence-electron chi connectivity index (χ4n) is 4.22. The fourth-order valence-corrected chi connectivity index (χ4v) is 4.69. The Bertz CT molecular complexity index is 1290. The molecule has 0 saturated carbocycles. The predicted octanol–water partition coefficient (Wildman–Crippen LogP) is 3.68. The third-order valence-electron chi connectivity index (χ3n) is 5.84. The number of H-pyrrole nitrogens is 1. The summed E-state index contributed by atoms with van der Waals surface area (Å²) >= 11 is 11.5. The summed E-state index contributed by atoms with van der Waals surface area (Å²) in [5.41, 5.74) is 1.34. The van der Waals surface area contributed by atoms with Crippen molar-refractivity contribution >= 4 is 40.6 Å². The molecule has 0 radical (unpaired) electrons. The van der Waals surface area contributed by atoms with Gasteiger partial charge in [0.25, 0.3) is 11.5 Å². The number of aromatic amines is 1. The molecule has 2 fully saturated rings. The lowest BCUT2D eigenvalue weighted by atomic mass is 10.0. The smallest absolute Gasteiger partial charge is 0.266 e. The number of fused-ring (bicyclic) bond motifs is 1. The molecule has 2 aliphatic rings. The highest BCUT2D eigenvalue weighted by atomic mass is 35.5. The molecule has 2 aliphatic heterocycles. The van der Waals surface area contributed by atoms with Crippen LogP contribution in [0.3, 0.4) is 0 Å². The number of rotatable bonds is 2. The van der Waals surface area contributed by atoms with Crippen LogP contribution in [0.5, 0.6) is 0 Å². The van der Waals surface area contributed by atoms with E-state index in [0.717, 1.165) is 0 Å². The van der Waals surface area contributed by atoms with E-state index in [4.69, 9.17) is 33.3 Å². The van der Waals surface area contributed by atoms with Crippen LogP contribution in [0.2, 0.25) is 5.02 Å². The zero-order chi connectivity index (χ0) is 21.6. The van der Waals surface area contributed by atoms with Crippen LogP contribution < -0.4 is 5.56 Å². The first kappa shape index (κ1) is 20.4. The van der Waals surface area contributed by atoms with Crippen LogP contribution in [0.1, 0.15) is 23.2 Å². The van der Waals surface area contributed by atoms with Gasteiger partial charge in [0.1, 0.15) is 0 Å². The molecule has 3 heterocycles. The summed E-state index contributed by atoms with van der Waals surface area (Å²) in [7, 11) is 0. The molecule has 160 valence electrons. The van der Waals surface area contributed by atoms with Crippen molar-refractivity contribution in [1.82, 2.24) is 14.5 Å². The number of amides is 1. The summed E-state index contributed by atoms with van der Waals surface area (Å²) in [4.78, 5) is 31.1. The Labute approximate surface area is 188 Å². The Hall–Kier alpha value is -2.52. The minimum Gasteiger partial charge on any atom is -0.347 e. The maximum absolute atomic E-state index is 13.1. The molecule has 3 aromatic rings. The SMILES string of the molecule is O=C(c1cccc(-n2c(=S)[nH]c3cc(Cl)ccc3c2=O)c1)N1CCC2(CC1)OCCO2. The van der Waals surface area contributed by atoms with Gasteiger partial charge in [0.05, 0.1) is 29.8 Å². The number of carbonyl (C=O) groups is 1. The molecule has 0 aliphatic carbocycles. The molecule has 2 saturated heterocycles. The second-order valence-electron chi connectivity index (χ2n) is 7.71. The van der Waals surface area contributed by atoms with E-state index in [2.05, 4.69) is 4.98 Å². The Morgan fingerprint density at radius 2 is 1.84 bits per heavy atom. The number of nitrogens with zero attached hydrogens (tertiary/aromatic N) is 2. The van der Waals surface area contributed by atoms with Gasteiger partial charge in [-0.25, -0.2) is 0 Å². The van der Waals surface area contributed by atoms with Gasteiger partial charge in [-0.05, 0) is 48.6 Å². The topological polar surface area (TPSA) is 76.6 Å². The van der Waals surface area contributed by atoms with Gasteiger partial charge in [0.15, 0.2) is 10.6 Å². The molecule has 1 amide bonds. The highest BCUT2D eigenvalue weighted by Gasteiger charge is 2.40. The number of halogens is 1. The van der Waals surface area contributed by atoms with Gasteiger partial charge in [0.2, 0.25) is 0 Å². The number of hydrogen-bond acceptors (Lipinski definition) is 5. The predicted molar refractivity (Wildman–Crippen MR) is 120 cm³/mol. The van der Waals surface area contributed by atoms with Crippen LogP contribution in [0, 0.1) is 4.77 Å². The van der Waals surface area contributed by atoms with E-state index in [1.165, 1.54) is 4.57 Å². The van der Waals surface area contributed by atoms with E-state index >= 15 is 0 Å². The Morgan fingerprint density at radius 3 is 2.58 bits per heavy atom. The molecular formula is C22H20ClN3O4S. The van der Waals surface area contributed by atoms with Crippen LogP contribution >= 0.6 is 23.8 Å². The first-order chi connectivity index (χ1) is 15.0. The minimum atomic E-state index is -0.535. The third kappa shape index (κ3) is 3.70. The summed E-state index contributed by atoms with van der Waals surface area (Å²) in [6.07, 6.45) is 1.30. The summed E-state index contributed by atoms with van der Waals surface area (Å²) in [6, 6.07) is 11.9. The standard InChI is InChI=1S/C22H20ClN3O4S/c23-15-4-5-17-18(13-15)24-21(31)26(20(17)28)16-3-1-2-14(12-16)19(27)25-8-6-22(7-9-25)29-10-11-30-22/h1-5,12-13H,6-11H2,(H,24,31).